The van der Waals surface area contributed by atoms with Crippen LogP contribution in [0.25, 0.3) is 0 Å². The zero-order valence-electron chi connectivity index (χ0n) is 10.3. The van der Waals surface area contributed by atoms with Crippen LogP contribution in [0.4, 0.5) is 0 Å². The third kappa shape index (κ3) is 4.40. The van der Waals surface area contributed by atoms with Crippen LogP contribution in [-0.4, -0.2) is 42.3 Å². The fourth-order valence-electron chi connectivity index (χ4n) is 0.996. The van der Waals surface area contributed by atoms with E-state index in [0.29, 0.717) is 6.54 Å². The molecule has 14 heavy (non-hydrogen) atoms. The smallest absolute Gasteiger partial charge is 0.0609 e. The summed E-state index contributed by atoms with van der Waals surface area (Å²) >= 11 is 0. The molecule has 0 aliphatic heterocycles. The van der Waals surface area contributed by atoms with Crippen molar-refractivity contribution in [1.82, 2.24) is 4.90 Å². The van der Waals surface area contributed by atoms with Gasteiger partial charge in [-0.25, -0.2) is 0 Å². The largest absolute Gasteiger partial charge is 0.394 e. The number of hydrogen-bond acceptors (Lipinski definition) is 3. The summed E-state index contributed by atoms with van der Waals surface area (Å²) in [5.74, 6) is 0. The number of aliphatic hydroxyl groups is 1. The van der Waals surface area contributed by atoms with Crippen molar-refractivity contribution in [2.45, 2.75) is 39.7 Å². The quantitative estimate of drug-likeness (QED) is 0.677. The molecule has 0 amide bonds. The predicted octanol–water partition coefficient (Wildman–Crippen LogP) is 1.06. The molecule has 0 aromatic rings. The summed E-state index contributed by atoms with van der Waals surface area (Å²) < 4.78 is 0. The Balaban J connectivity index is 4.02. The van der Waals surface area contributed by atoms with E-state index in [1.165, 1.54) is 0 Å². The number of hydrogen-bond donors (Lipinski definition) is 2. The lowest BCUT2D eigenvalue weighted by atomic mass is 9.89. The van der Waals surface area contributed by atoms with Crippen LogP contribution < -0.4 is 5.73 Å². The molecular weight excluding hydrogens is 176 g/mol. The van der Waals surface area contributed by atoms with E-state index < -0.39 is 0 Å². The first-order valence-electron chi connectivity index (χ1n) is 5.27. The molecule has 0 heterocycles. The van der Waals surface area contributed by atoms with E-state index in [1.54, 1.807) is 0 Å². The fraction of sp³-hybridized carbons (Fsp3) is 1.00. The summed E-state index contributed by atoms with van der Waals surface area (Å²) in [6.45, 7) is 10.3. The molecular formula is C11H26N2O. The van der Waals surface area contributed by atoms with Crippen molar-refractivity contribution in [2.24, 2.45) is 11.1 Å². The van der Waals surface area contributed by atoms with Gasteiger partial charge in [0.1, 0.15) is 0 Å². The van der Waals surface area contributed by atoms with Crippen LogP contribution in [0.1, 0.15) is 34.1 Å². The highest BCUT2D eigenvalue weighted by molar-refractivity contribution is 4.80. The third-order valence-electron chi connectivity index (χ3n) is 3.10. The van der Waals surface area contributed by atoms with Crippen molar-refractivity contribution in [3.8, 4) is 0 Å². The first kappa shape index (κ1) is 13.9. The normalized spacial score (nSPS) is 13.7. The highest BCUT2D eigenvalue weighted by Gasteiger charge is 2.24. The topological polar surface area (TPSA) is 49.5 Å². The molecule has 0 radical (unpaired) electrons. The summed E-state index contributed by atoms with van der Waals surface area (Å²) in [5.41, 5.74) is 5.73. The van der Waals surface area contributed by atoms with Crippen LogP contribution in [0.3, 0.4) is 0 Å². The van der Waals surface area contributed by atoms with Crippen LogP contribution in [0.5, 0.6) is 0 Å². The maximum atomic E-state index is 9.18. The number of likely N-dealkylation sites (N-methyl/N-ethyl adjacent to an activating group) is 1. The molecule has 0 aromatic carbocycles. The summed E-state index contributed by atoms with van der Waals surface area (Å²) in [6.07, 6.45) is 1.06. The van der Waals surface area contributed by atoms with Gasteiger partial charge in [0.25, 0.3) is 0 Å². The number of nitrogens with zero attached hydrogens (tertiary/aromatic N) is 1. The predicted molar refractivity (Wildman–Crippen MR) is 61.2 cm³/mol. The Morgan fingerprint density at radius 1 is 1.21 bits per heavy atom. The molecule has 0 bridgehead atoms. The maximum Gasteiger partial charge on any atom is 0.0609 e. The third-order valence-corrected chi connectivity index (χ3v) is 3.10. The average molecular weight is 202 g/mol. The maximum absolute atomic E-state index is 9.18. The first-order valence-corrected chi connectivity index (χ1v) is 5.27. The molecule has 0 rings (SSSR count). The van der Waals surface area contributed by atoms with Gasteiger partial charge in [-0.2, -0.15) is 0 Å². The number of rotatable bonds is 6. The minimum absolute atomic E-state index is 0.134. The number of aliphatic hydroxyl groups excluding tert-OH is 1. The van der Waals surface area contributed by atoms with Crippen molar-refractivity contribution in [2.75, 3.05) is 26.7 Å². The summed E-state index contributed by atoms with van der Waals surface area (Å²) in [4.78, 5) is 2.18. The second-order valence-corrected chi connectivity index (χ2v) is 5.51. The van der Waals surface area contributed by atoms with Crippen LogP contribution in [0.15, 0.2) is 0 Å². The lowest BCUT2D eigenvalue weighted by molar-refractivity contribution is 0.0696. The molecule has 0 aromatic heterocycles. The van der Waals surface area contributed by atoms with Gasteiger partial charge < -0.3 is 10.8 Å². The van der Waals surface area contributed by atoms with Gasteiger partial charge in [0.2, 0.25) is 0 Å². The van der Waals surface area contributed by atoms with E-state index in [2.05, 4.69) is 18.7 Å². The van der Waals surface area contributed by atoms with Crippen LogP contribution in [0.2, 0.25) is 0 Å². The molecule has 0 atom stereocenters. The lowest BCUT2D eigenvalue weighted by Crippen LogP contribution is -2.45. The molecule has 0 aliphatic carbocycles. The fourth-order valence-corrected chi connectivity index (χ4v) is 0.996. The van der Waals surface area contributed by atoms with Gasteiger partial charge in [0.15, 0.2) is 0 Å². The monoisotopic (exact) mass is 202 g/mol. The van der Waals surface area contributed by atoms with E-state index in [9.17, 15) is 5.11 Å². The van der Waals surface area contributed by atoms with Crippen molar-refractivity contribution in [3.05, 3.63) is 0 Å². The molecule has 0 aliphatic rings. The Kier molecular flexibility index (Phi) is 5.06. The SMILES string of the molecule is CN(CCC(C)(C)CN)C(C)(C)CO. The van der Waals surface area contributed by atoms with Crippen molar-refractivity contribution < 1.29 is 5.11 Å². The second kappa shape index (κ2) is 5.10. The first-order chi connectivity index (χ1) is 6.25. The lowest BCUT2D eigenvalue weighted by Gasteiger charge is -2.36. The van der Waals surface area contributed by atoms with E-state index >= 15 is 0 Å². The molecule has 0 fully saturated rings. The zero-order valence-corrected chi connectivity index (χ0v) is 10.3. The zero-order chi connectivity index (χ0) is 11.4. The van der Waals surface area contributed by atoms with Gasteiger partial charge in [0, 0.05) is 5.54 Å². The molecule has 3 N–H and O–H groups in total. The van der Waals surface area contributed by atoms with E-state index in [0.717, 1.165) is 13.0 Å². The molecule has 0 spiro atoms. The summed E-state index contributed by atoms with van der Waals surface area (Å²) in [6, 6.07) is 0. The van der Waals surface area contributed by atoms with Crippen molar-refractivity contribution in [3.63, 3.8) is 0 Å². The highest BCUT2D eigenvalue weighted by atomic mass is 16.3. The Hall–Kier alpha value is -0.120. The van der Waals surface area contributed by atoms with Crippen LogP contribution in [-0.2, 0) is 0 Å². The average Bonchev–Trinajstić information content (AvgIpc) is 2.14. The molecule has 0 saturated heterocycles. The summed E-state index contributed by atoms with van der Waals surface area (Å²) in [5, 5.41) is 9.18. The van der Waals surface area contributed by atoms with Gasteiger partial charge in [-0.05, 0) is 45.8 Å². The van der Waals surface area contributed by atoms with Crippen molar-refractivity contribution >= 4 is 0 Å². The van der Waals surface area contributed by atoms with Gasteiger partial charge in [-0.3, -0.25) is 4.90 Å². The highest BCUT2D eigenvalue weighted by Crippen LogP contribution is 2.20. The van der Waals surface area contributed by atoms with Gasteiger partial charge >= 0.3 is 0 Å². The van der Waals surface area contributed by atoms with Crippen LogP contribution in [0, 0.1) is 5.41 Å². The molecule has 0 saturated carbocycles. The Morgan fingerprint density at radius 2 is 1.71 bits per heavy atom. The minimum atomic E-state index is -0.134. The molecule has 0 unspecified atom stereocenters. The van der Waals surface area contributed by atoms with E-state index in [-0.39, 0.29) is 17.6 Å². The van der Waals surface area contributed by atoms with E-state index in [4.69, 9.17) is 5.73 Å². The Labute approximate surface area is 88.3 Å². The Morgan fingerprint density at radius 3 is 2.07 bits per heavy atom. The number of nitrogens with two attached hydrogens (primary N) is 1. The van der Waals surface area contributed by atoms with Gasteiger partial charge in [0.05, 0.1) is 6.61 Å². The Bertz CT molecular complexity index is 167. The molecule has 3 nitrogen and oxygen atoms in total. The van der Waals surface area contributed by atoms with E-state index in [1.807, 2.05) is 20.9 Å². The van der Waals surface area contributed by atoms with Crippen molar-refractivity contribution in [1.29, 1.82) is 0 Å². The molecule has 3 heteroatoms. The summed E-state index contributed by atoms with van der Waals surface area (Å²) in [7, 11) is 2.04. The standard InChI is InChI=1S/C11H26N2O/c1-10(2,8-12)6-7-13(5)11(3,4)9-14/h14H,6-9,12H2,1-5H3. The molecule has 86 valence electrons. The van der Waals surface area contributed by atoms with Crippen LogP contribution >= 0.6 is 0 Å². The second-order valence-electron chi connectivity index (χ2n) is 5.51. The minimum Gasteiger partial charge on any atom is -0.394 e. The van der Waals surface area contributed by atoms with Gasteiger partial charge in [-0.1, -0.05) is 13.8 Å². The van der Waals surface area contributed by atoms with Gasteiger partial charge in [-0.15, -0.1) is 0 Å².